The van der Waals surface area contributed by atoms with E-state index in [1.165, 1.54) is 0 Å². The van der Waals surface area contributed by atoms with E-state index in [2.05, 4.69) is 5.32 Å². The second-order valence-corrected chi connectivity index (χ2v) is 6.26. The average molecular weight is 329 g/mol. The number of hydrogen-bond donors (Lipinski definition) is 2. The fourth-order valence-electron chi connectivity index (χ4n) is 2.01. The first kappa shape index (κ1) is 18.9. The molecule has 0 aliphatic heterocycles. The van der Waals surface area contributed by atoms with Crippen molar-refractivity contribution in [2.45, 2.75) is 51.7 Å². The molecule has 7 heteroatoms. The third-order valence-electron chi connectivity index (χ3n) is 2.83. The van der Waals surface area contributed by atoms with Crippen molar-refractivity contribution < 1.29 is 28.2 Å². The summed E-state index contributed by atoms with van der Waals surface area (Å²) in [5, 5.41) is 11.3. The molecule has 0 aliphatic carbocycles. The molecule has 0 spiro atoms. The number of carbonyl (C=O) groups excluding carboxylic acids is 1. The van der Waals surface area contributed by atoms with Gasteiger partial charge in [0.15, 0.2) is 0 Å². The molecule has 0 aliphatic rings. The standard InChI is InChI=1S/C16H21F2NO4/c1-16(2,3)23-15(22)19-13(4-5-14(20)21)8-10-6-11(17)9-12(18)7-10/h6-7,9,13H,4-5,8H2,1-3H3,(H,19,22)(H,20,21). The van der Waals surface area contributed by atoms with Crippen molar-refractivity contribution in [1.82, 2.24) is 5.32 Å². The maximum atomic E-state index is 13.2. The monoisotopic (exact) mass is 329 g/mol. The highest BCUT2D eigenvalue weighted by Crippen LogP contribution is 2.14. The zero-order valence-electron chi connectivity index (χ0n) is 13.4. The molecule has 5 nitrogen and oxygen atoms in total. The highest BCUT2D eigenvalue weighted by molar-refractivity contribution is 5.69. The minimum atomic E-state index is -1.02. The summed E-state index contributed by atoms with van der Waals surface area (Å²) < 4.78 is 31.6. The van der Waals surface area contributed by atoms with Gasteiger partial charge in [-0.3, -0.25) is 4.79 Å². The van der Waals surface area contributed by atoms with E-state index in [0.717, 1.165) is 18.2 Å². The molecule has 23 heavy (non-hydrogen) atoms. The topological polar surface area (TPSA) is 75.6 Å². The SMILES string of the molecule is CC(C)(C)OC(=O)NC(CCC(=O)O)Cc1cc(F)cc(F)c1. The van der Waals surface area contributed by atoms with E-state index in [9.17, 15) is 18.4 Å². The van der Waals surface area contributed by atoms with Gasteiger partial charge in [0.25, 0.3) is 0 Å². The largest absolute Gasteiger partial charge is 0.481 e. The van der Waals surface area contributed by atoms with Crippen LogP contribution in [0.1, 0.15) is 39.2 Å². The van der Waals surface area contributed by atoms with E-state index in [-0.39, 0.29) is 19.3 Å². The van der Waals surface area contributed by atoms with Crippen LogP contribution in [0.3, 0.4) is 0 Å². The van der Waals surface area contributed by atoms with E-state index in [4.69, 9.17) is 9.84 Å². The molecule has 0 bridgehead atoms. The lowest BCUT2D eigenvalue weighted by molar-refractivity contribution is -0.137. The Labute approximate surface area is 133 Å². The zero-order valence-corrected chi connectivity index (χ0v) is 13.4. The fraction of sp³-hybridized carbons (Fsp3) is 0.500. The summed E-state index contributed by atoms with van der Waals surface area (Å²) in [4.78, 5) is 22.5. The summed E-state index contributed by atoms with van der Waals surface area (Å²) in [6.07, 6.45) is -0.670. The Balaban J connectivity index is 2.78. The molecule has 1 aromatic carbocycles. The Hall–Kier alpha value is -2.18. The fourth-order valence-corrected chi connectivity index (χ4v) is 2.01. The van der Waals surface area contributed by atoms with Gasteiger partial charge in [-0.05, 0) is 51.3 Å². The number of benzene rings is 1. The normalized spacial score (nSPS) is 12.6. The third-order valence-corrected chi connectivity index (χ3v) is 2.83. The van der Waals surface area contributed by atoms with Gasteiger partial charge in [-0.25, -0.2) is 13.6 Å². The minimum absolute atomic E-state index is 0.0984. The van der Waals surface area contributed by atoms with Gasteiger partial charge < -0.3 is 15.2 Å². The quantitative estimate of drug-likeness (QED) is 0.840. The van der Waals surface area contributed by atoms with E-state index >= 15 is 0 Å². The van der Waals surface area contributed by atoms with Crippen LogP contribution in [0.5, 0.6) is 0 Å². The number of halogens is 2. The Bertz CT molecular complexity index is 549. The van der Waals surface area contributed by atoms with Crippen molar-refractivity contribution in [1.29, 1.82) is 0 Å². The first-order chi connectivity index (χ1) is 10.5. The number of hydrogen-bond acceptors (Lipinski definition) is 3. The van der Waals surface area contributed by atoms with E-state index in [1.54, 1.807) is 20.8 Å². The van der Waals surface area contributed by atoms with Crippen molar-refractivity contribution in [3.63, 3.8) is 0 Å². The van der Waals surface area contributed by atoms with Gasteiger partial charge in [0.2, 0.25) is 0 Å². The van der Waals surface area contributed by atoms with Crippen LogP contribution in [0, 0.1) is 11.6 Å². The van der Waals surface area contributed by atoms with Crippen molar-refractivity contribution in [3.05, 3.63) is 35.4 Å². The van der Waals surface area contributed by atoms with Crippen LogP contribution < -0.4 is 5.32 Å². The molecule has 128 valence electrons. The molecule has 1 unspecified atom stereocenters. The summed E-state index contributed by atoms with van der Waals surface area (Å²) in [7, 11) is 0. The minimum Gasteiger partial charge on any atom is -0.481 e. The highest BCUT2D eigenvalue weighted by atomic mass is 19.1. The summed E-state index contributed by atoms with van der Waals surface area (Å²) in [6.45, 7) is 5.09. The maximum Gasteiger partial charge on any atom is 0.407 e. The summed E-state index contributed by atoms with van der Waals surface area (Å²) in [5.41, 5.74) is -0.374. The van der Waals surface area contributed by atoms with E-state index in [1.807, 2.05) is 0 Å². The molecule has 1 atom stereocenters. The van der Waals surface area contributed by atoms with Crippen LogP contribution in [-0.2, 0) is 16.0 Å². The smallest absolute Gasteiger partial charge is 0.407 e. The number of carbonyl (C=O) groups is 2. The Kier molecular flexibility index (Phi) is 6.48. The summed E-state index contributed by atoms with van der Waals surface area (Å²) in [5.74, 6) is -2.48. The van der Waals surface area contributed by atoms with Crippen LogP contribution in [0.15, 0.2) is 18.2 Å². The van der Waals surface area contributed by atoms with Gasteiger partial charge in [0, 0.05) is 18.5 Å². The predicted molar refractivity (Wildman–Crippen MR) is 80.1 cm³/mol. The maximum absolute atomic E-state index is 13.2. The second kappa shape index (κ2) is 7.89. The van der Waals surface area contributed by atoms with Crippen LogP contribution in [0.2, 0.25) is 0 Å². The van der Waals surface area contributed by atoms with Crippen molar-refractivity contribution in [3.8, 4) is 0 Å². The lowest BCUT2D eigenvalue weighted by atomic mass is 10.0. The summed E-state index contributed by atoms with van der Waals surface area (Å²) in [6, 6.07) is 2.43. The molecule has 1 rings (SSSR count). The van der Waals surface area contributed by atoms with E-state index in [0.29, 0.717) is 5.56 Å². The number of nitrogens with one attached hydrogen (secondary N) is 1. The number of amides is 1. The van der Waals surface area contributed by atoms with Gasteiger partial charge in [-0.1, -0.05) is 0 Å². The average Bonchev–Trinajstić information content (AvgIpc) is 2.32. The lowest BCUT2D eigenvalue weighted by Gasteiger charge is -2.23. The highest BCUT2D eigenvalue weighted by Gasteiger charge is 2.20. The van der Waals surface area contributed by atoms with Crippen LogP contribution in [0.4, 0.5) is 13.6 Å². The number of ether oxygens (including phenoxy) is 1. The molecule has 0 saturated carbocycles. The van der Waals surface area contributed by atoms with Gasteiger partial charge >= 0.3 is 12.1 Å². The molecule has 2 N–H and O–H groups in total. The zero-order chi connectivity index (χ0) is 17.6. The lowest BCUT2D eigenvalue weighted by Crippen LogP contribution is -2.40. The number of carboxylic acid groups (broad SMARTS) is 1. The van der Waals surface area contributed by atoms with Gasteiger partial charge in [0.1, 0.15) is 17.2 Å². The number of alkyl carbamates (subject to hydrolysis) is 1. The van der Waals surface area contributed by atoms with Crippen LogP contribution in [0.25, 0.3) is 0 Å². The predicted octanol–water partition coefficient (Wildman–Crippen LogP) is 3.27. The number of rotatable bonds is 6. The molecular formula is C16H21F2NO4. The van der Waals surface area contributed by atoms with Crippen molar-refractivity contribution >= 4 is 12.1 Å². The Morgan fingerprint density at radius 1 is 1.22 bits per heavy atom. The van der Waals surface area contributed by atoms with Crippen molar-refractivity contribution in [2.24, 2.45) is 0 Å². The Morgan fingerprint density at radius 3 is 2.26 bits per heavy atom. The second-order valence-electron chi connectivity index (χ2n) is 6.26. The Morgan fingerprint density at radius 2 is 1.78 bits per heavy atom. The molecule has 0 aromatic heterocycles. The van der Waals surface area contributed by atoms with Crippen LogP contribution >= 0.6 is 0 Å². The van der Waals surface area contributed by atoms with Crippen molar-refractivity contribution in [2.75, 3.05) is 0 Å². The first-order valence-electron chi connectivity index (χ1n) is 7.21. The summed E-state index contributed by atoms with van der Waals surface area (Å²) >= 11 is 0. The molecular weight excluding hydrogens is 308 g/mol. The molecule has 1 aromatic rings. The number of aliphatic carboxylic acids is 1. The molecule has 0 saturated heterocycles. The van der Waals surface area contributed by atoms with Gasteiger partial charge in [0.05, 0.1) is 0 Å². The van der Waals surface area contributed by atoms with Gasteiger partial charge in [-0.2, -0.15) is 0 Å². The molecule has 0 radical (unpaired) electrons. The third kappa shape index (κ3) is 8.13. The van der Waals surface area contributed by atoms with Crippen LogP contribution in [-0.4, -0.2) is 28.8 Å². The first-order valence-corrected chi connectivity index (χ1v) is 7.21. The molecule has 0 fully saturated rings. The number of carboxylic acids is 1. The van der Waals surface area contributed by atoms with Gasteiger partial charge in [-0.15, -0.1) is 0 Å². The van der Waals surface area contributed by atoms with E-state index < -0.39 is 35.3 Å². The molecule has 1 amide bonds. The molecule has 0 heterocycles.